The number of rotatable bonds is 3. The fraction of sp³-hybridized carbons (Fsp3) is 0.385. The van der Waals surface area contributed by atoms with Crippen molar-refractivity contribution in [3.05, 3.63) is 29.6 Å². The largest absolute Gasteiger partial charge is 0.481 e. The topological polar surface area (TPSA) is 55.1 Å². The average Bonchev–Trinajstić information content (AvgIpc) is 2.56. The number of aryl methyl sites for hydroxylation is 2. The van der Waals surface area contributed by atoms with Crippen LogP contribution in [0.4, 0.5) is 0 Å². The second-order valence-electron chi connectivity index (χ2n) is 4.32. The monoisotopic (exact) mass is 232 g/mol. The quantitative estimate of drug-likeness (QED) is 0.884. The Hall–Kier alpha value is -1.84. The second-order valence-corrected chi connectivity index (χ2v) is 4.32. The predicted molar refractivity (Wildman–Crippen MR) is 66.1 cm³/mol. The molecule has 1 aromatic carbocycles. The minimum Gasteiger partial charge on any atom is -0.481 e. The van der Waals surface area contributed by atoms with Gasteiger partial charge >= 0.3 is 5.97 Å². The van der Waals surface area contributed by atoms with E-state index in [-0.39, 0.29) is 0 Å². The first-order chi connectivity index (χ1) is 8.04. The van der Waals surface area contributed by atoms with E-state index in [4.69, 9.17) is 0 Å². The Labute approximate surface area is 99.9 Å². The molecule has 0 amide bonds. The van der Waals surface area contributed by atoms with Gasteiger partial charge in [-0.15, -0.1) is 0 Å². The molecule has 2 rings (SSSR count). The first-order valence-corrected chi connectivity index (χ1v) is 5.70. The molecule has 90 valence electrons. The molecular weight excluding hydrogens is 216 g/mol. The number of fused-ring (bicyclic) bond motifs is 1. The third-order valence-electron chi connectivity index (χ3n) is 3.09. The van der Waals surface area contributed by atoms with Crippen molar-refractivity contribution >= 4 is 17.0 Å². The van der Waals surface area contributed by atoms with Crippen molar-refractivity contribution < 1.29 is 9.90 Å². The lowest BCUT2D eigenvalue weighted by molar-refractivity contribution is -0.139. The van der Waals surface area contributed by atoms with Crippen LogP contribution in [0.2, 0.25) is 0 Å². The normalized spacial score (nSPS) is 12.9. The van der Waals surface area contributed by atoms with Crippen molar-refractivity contribution in [1.82, 2.24) is 9.55 Å². The summed E-state index contributed by atoms with van der Waals surface area (Å²) < 4.78 is 1.87. The van der Waals surface area contributed by atoms with Crippen molar-refractivity contribution in [2.45, 2.75) is 26.2 Å². The average molecular weight is 232 g/mol. The van der Waals surface area contributed by atoms with E-state index in [2.05, 4.69) is 4.98 Å². The predicted octanol–water partition coefficient (Wildman–Crippen LogP) is 2.46. The van der Waals surface area contributed by atoms with Crippen LogP contribution in [0.5, 0.6) is 0 Å². The van der Waals surface area contributed by atoms with Gasteiger partial charge in [0.25, 0.3) is 0 Å². The molecule has 0 aliphatic carbocycles. The van der Waals surface area contributed by atoms with Gasteiger partial charge in [-0.05, 0) is 31.0 Å². The molecule has 0 radical (unpaired) electrons. The maximum atomic E-state index is 11.2. The highest BCUT2D eigenvalue weighted by molar-refractivity contribution is 5.80. The number of benzene rings is 1. The highest BCUT2D eigenvalue weighted by atomic mass is 16.4. The molecule has 1 heterocycles. The molecule has 0 aliphatic rings. The summed E-state index contributed by atoms with van der Waals surface area (Å²) in [5.41, 5.74) is 2.97. The zero-order valence-electron chi connectivity index (χ0n) is 10.3. The van der Waals surface area contributed by atoms with Crippen molar-refractivity contribution in [3.8, 4) is 0 Å². The van der Waals surface area contributed by atoms with E-state index in [0.717, 1.165) is 16.6 Å². The summed E-state index contributed by atoms with van der Waals surface area (Å²) in [4.78, 5) is 15.6. The van der Waals surface area contributed by atoms with E-state index < -0.39 is 11.9 Å². The third-order valence-corrected chi connectivity index (χ3v) is 3.09. The van der Waals surface area contributed by atoms with Crippen LogP contribution < -0.4 is 0 Å². The van der Waals surface area contributed by atoms with Crippen LogP contribution in [0.3, 0.4) is 0 Å². The number of hydrogen-bond donors (Lipinski definition) is 1. The molecule has 0 aliphatic heterocycles. The lowest BCUT2D eigenvalue weighted by Crippen LogP contribution is -2.15. The van der Waals surface area contributed by atoms with Gasteiger partial charge < -0.3 is 9.67 Å². The van der Waals surface area contributed by atoms with Crippen LogP contribution in [-0.2, 0) is 11.8 Å². The van der Waals surface area contributed by atoms with Crippen molar-refractivity contribution in [2.24, 2.45) is 7.05 Å². The highest BCUT2D eigenvalue weighted by Gasteiger charge is 2.23. The maximum absolute atomic E-state index is 11.2. The number of carboxylic acid groups (broad SMARTS) is 1. The van der Waals surface area contributed by atoms with Gasteiger partial charge in [0, 0.05) is 7.05 Å². The van der Waals surface area contributed by atoms with Crippen LogP contribution in [0.25, 0.3) is 11.0 Å². The van der Waals surface area contributed by atoms with E-state index in [9.17, 15) is 9.90 Å². The summed E-state index contributed by atoms with van der Waals surface area (Å²) in [6.07, 6.45) is 0.547. The molecule has 1 aromatic heterocycles. The van der Waals surface area contributed by atoms with Crippen LogP contribution in [0, 0.1) is 6.92 Å². The van der Waals surface area contributed by atoms with E-state index in [0.29, 0.717) is 12.2 Å². The van der Waals surface area contributed by atoms with Crippen LogP contribution >= 0.6 is 0 Å². The Morgan fingerprint density at radius 3 is 2.82 bits per heavy atom. The molecule has 4 heteroatoms. The van der Waals surface area contributed by atoms with Crippen molar-refractivity contribution in [1.29, 1.82) is 0 Å². The lowest BCUT2D eigenvalue weighted by Gasteiger charge is -2.09. The number of aromatic nitrogens is 2. The zero-order chi connectivity index (χ0) is 12.6. The van der Waals surface area contributed by atoms with Crippen LogP contribution in [0.15, 0.2) is 18.2 Å². The van der Waals surface area contributed by atoms with Gasteiger partial charge in [-0.2, -0.15) is 0 Å². The van der Waals surface area contributed by atoms with Crippen LogP contribution in [-0.4, -0.2) is 20.6 Å². The number of hydrogen-bond acceptors (Lipinski definition) is 2. The fourth-order valence-corrected chi connectivity index (χ4v) is 2.11. The Morgan fingerprint density at radius 1 is 1.53 bits per heavy atom. The number of imidazole rings is 1. The standard InChI is InChI=1S/C13H16N2O2/c1-4-9(13(16)17)12-14-10-7-8(2)5-6-11(10)15(12)3/h5-7,9H,4H2,1-3H3,(H,16,17). The summed E-state index contributed by atoms with van der Waals surface area (Å²) in [5, 5.41) is 9.18. The first-order valence-electron chi connectivity index (χ1n) is 5.70. The molecule has 0 bridgehead atoms. The van der Waals surface area contributed by atoms with Crippen LogP contribution in [0.1, 0.15) is 30.7 Å². The van der Waals surface area contributed by atoms with E-state index in [1.807, 2.05) is 43.7 Å². The number of aliphatic carboxylic acids is 1. The molecule has 4 nitrogen and oxygen atoms in total. The lowest BCUT2D eigenvalue weighted by atomic mass is 10.1. The third kappa shape index (κ3) is 1.90. The summed E-state index contributed by atoms with van der Waals surface area (Å²) in [6, 6.07) is 5.97. The van der Waals surface area contributed by atoms with E-state index >= 15 is 0 Å². The summed E-state index contributed by atoms with van der Waals surface area (Å²) in [6.45, 7) is 3.87. The number of carboxylic acids is 1. The van der Waals surface area contributed by atoms with E-state index in [1.165, 1.54) is 0 Å². The molecule has 1 N–H and O–H groups in total. The number of carbonyl (C=O) groups is 1. The Kier molecular flexibility index (Phi) is 2.88. The Morgan fingerprint density at radius 2 is 2.24 bits per heavy atom. The molecule has 1 atom stereocenters. The number of nitrogens with zero attached hydrogens (tertiary/aromatic N) is 2. The minimum atomic E-state index is -0.817. The SMILES string of the molecule is CCC(C(=O)O)c1nc2cc(C)ccc2n1C. The minimum absolute atomic E-state index is 0.535. The van der Waals surface area contributed by atoms with Crippen molar-refractivity contribution in [2.75, 3.05) is 0 Å². The second kappa shape index (κ2) is 4.20. The molecule has 0 spiro atoms. The Bertz CT molecular complexity index is 572. The molecule has 0 saturated heterocycles. The molecule has 0 saturated carbocycles. The van der Waals surface area contributed by atoms with Crippen molar-refractivity contribution in [3.63, 3.8) is 0 Å². The van der Waals surface area contributed by atoms with E-state index in [1.54, 1.807) is 0 Å². The summed E-state index contributed by atoms with van der Waals surface area (Å²) >= 11 is 0. The smallest absolute Gasteiger partial charge is 0.314 e. The first kappa shape index (κ1) is 11.6. The van der Waals surface area contributed by atoms with Gasteiger partial charge in [0.05, 0.1) is 11.0 Å². The van der Waals surface area contributed by atoms with Gasteiger partial charge in [0.2, 0.25) is 0 Å². The van der Waals surface area contributed by atoms with Gasteiger partial charge in [-0.25, -0.2) is 4.98 Å². The van der Waals surface area contributed by atoms with Gasteiger partial charge in [-0.3, -0.25) is 4.79 Å². The maximum Gasteiger partial charge on any atom is 0.314 e. The highest BCUT2D eigenvalue weighted by Crippen LogP contribution is 2.24. The van der Waals surface area contributed by atoms with Gasteiger partial charge in [0.1, 0.15) is 11.7 Å². The summed E-state index contributed by atoms with van der Waals surface area (Å²) in [5.74, 6) is -0.726. The van der Waals surface area contributed by atoms with Gasteiger partial charge in [-0.1, -0.05) is 13.0 Å². The Balaban J connectivity index is 2.62. The summed E-state index contributed by atoms with van der Waals surface area (Å²) in [7, 11) is 1.87. The molecule has 1 unspecified atom stereocenters. The molecule has 2 aromatic rings. The fourth-order valence-electron chi connectivity index (χ4n) is 2.11. The molecule has 17 heavy (non-hydrogen) atoms. The molecular formula is C13H16N2O2. The molecule has 0 fully saturated rings. The van der Waals surface area contributed by atoms with Gasteiger partial charge in [0.15, 0.2) is 0 Å². The zero-order valence-corrected chi connectivity index (χ0v) is 10.3.